The van der Waals surface area contributed by atoms with Gasteiger partial charge in [-0.2, -0.15) is 0 Å². The molecule has 0 aliphatic carbocycles. The summed E-state index contributed by atoms with van der Waals surface area (Å²) in [6.45, 7) is 0.885. The van der Waals surface area contributed by atoms with Crippen LogP contribution in [0.4, 0.5) is 5.69 Å². The van der Waals surface area contributed by atoms with Crippen molar-refractivity contribution in [1.82, 2.24) is 20.3 Å². The van der Waals surface area contributed by atoms with E-state index in [9.17, 15) is 9.59 Å². The van der Waals surface area contributed by atoms with Crippen LogP contribution in [0.15, 0.2) is 72.8 Å². The van der Waals surface area contributed by atoms with E-state index in [0.29, 0.717) is 46.9 Å². The molecule has 1 N–H and O–H groups in total. The second kappa shape index (κ2) is 12.0. The standard InChI is InChI=1S/C29H31N5O5/c1-37-21-10-7-9-20(17-21)28(29(36)30-18-22-11-8-16-39-22)34(25-14-5-6-15-26(25)38-2)27(35)19-33-24-13-4-3-12-23(24)31-32-33/h3-7,9-10,12-15,17,22,28H,8,11,16,18-19H2,1-2H3,(H,30,36). The molecule has 3 aromatic carbocycles. The van der Waals surface area contributed by atoms with Gasteiger partial charge < -0.3 is 19.5 Å². The van der Waals surface area contributed by atoms with E-state index in [-0.39, 0.29) is 24.5 Å². The summed E-state index contributed by atoms with van der Waals surface area (Å²) in [7, 11) is 3.09. The van der Waals surface area contributed by atoms with Crippen LogP contribution in [0.2, 0.25) is 0 Å². The lowest BCUT2D eigenvalue weighted by molar-refractivity contribution is -0.127. The average molecular weight is 530 g/mol. The molecule has 1 aromatic heterocycles. The van der Waals surface area contributed by atoms with E-state index >= 15 is 0 Å². The van der Waals surface area contributed by atoms with E-state index in [1.807, 2.05) is 30.3 Å². The van der Waals surface area contributed by atoms with Crippen LogP contribution >= 0.6 is 0 Å². The lowest BCUT2D eigenvalue weighted by Gasteiger charge is -2.32. The fourth-order valence-electron chi connectivity index (χ4n) is 4.83. The normalized spacial score (nSPS) is 15.6. The first-order valence-corrected chi connectivity index (χ1v) is 12.9. The predicted octanol–water partition coefficient (Wildman–Crippen LogP) is 3.52. The molecule has 5 rings (SSSR count). The number of aromatic nitrogens is 3. The number of fused-ring (bicyclic) bond motifs is 1. The lowest BCUT2D eigenvalue weighted by Crippen LogP contribution is -2.46. The average Bonchev–Trinajstić information content (AvgIpc) is 3.65. The van der Waals surface area contributed by atoms with Gasteiger partial charge in [-0.3, -0.25) is 14.5 Å². The van der Waals surface area contributed by atoms with E-state index < -0.39 is 6.04 Å². The number of ether oxygens (including phenoxy) is 3. The zero-order valence-corrected chi connectivity index (χ0v) is 21.9. The summed E-state index contributed by atoms with van der Waals surface area (Å²) in [5, 5.41) is 11.4. The Balaban J connectivity index is 1.58. The molecule has 39 heavy (non-hydrogen) atoms. The topological polar surface area (TPSA) is 108 Å². The monoisotopic (exact) mass is 529 g/mol. The van der Waals surface area contributed by atoms with Gasteiger partial charge in [0.15, 0.2) is 0 Å². The van der Waals surface area contributed by atoms with Gasteiger partial charge in [0.2, 0.25) is 11.8 Å². The van der Waals surface area contributed by atoms with Crippen molar-refractivity contribution >= 4 is 28.5 Å². The molecule has 2 unspecified atom stereocenters. The molecule has 2 atom stereocenters. The van der Waals surface area contributed by atoms with Crippen LogP contribution in [-0.2, 0) is 20.9 Å². The number of hydrogen-bond donors (Lipinski definition) is 1. The van der Waals surface area contributed by atoms with Gasteiger partial charge in [0.1, 0.15) is 29.6 Å². The number of carbonyl (C=O) groups is 2. The van der Waals surface area contributed by atoms with Crippen molar-refractivity contribution in [2.24, 2.45) is 0 Å². The van der Waals surface area contributed by atoms with Gasteiger partial charge >= 0.3 is 0 Å². The number of para-hydroxylation sites is 3. The van der Waals surface area contributed by atoms with Gasteiger partial charge in [0.05, 0.1) is 31.5 Å². The van der Waals surface area contributed by atoms with E-state index in [1.54, 1.807) is 49.6 Å². The number of hydrogen-bond acceptors (Lipinski definition) is 7. The van der Waals surface area contributed by atoms with Gasteiger partial charge in [-0.05, 0) is 54.8 Å². The van der Waals surface area contributed by atoms with Crippen LogP contribution in [0, 0.1) is 0 Å². The van der Waals surface area contributed by atoms with E-state index in [1.165, 1.54) is 16.7 Å². The highest BCUT2D eigenvalue weighted by Crippen LogP contribution is 2.36. The smallest absolute Gasteiger partial charge is 0.249 e. The predicted molar refractivity (Wildman–Crippen MR) is 146 cm³/mol. The van der Waals surface area contributed by atoms with Crippen molar-refractivity contribution in [2.45, 2.75) is 31.5 Å². The van der Waals surface area contributed by atoms with Crippen molar-refractivity contribution in [1.29, 1.82) is 0 Å². The first-order valence-electron chi connectivity index (χ1n) is 12.9. The molecule has 1 fully saturated rings. The highest BCUT2D eigenvalue weighted by Gasteiger charge is 2.35. The Morgan fingerprint density at radius 1 is 1.08 bits per heavy atom. The van der Waals surface area contributed by atoms with Crippen LogP contribution in [0.5, 0.6) is 11.5 Å². The molecule has 2 heterocycles. The maximum atomic E-state index is 14.2. The summed E-state index contributed by atoms with van der Waals surface area (Å²) in [6, 6.07) is 20.7. The molecule has 0 saturated carbocycles. The third-order valence-electron chi connectivity index (χ3n) is 6.76. The maximum Gasteiger partial charge on any atom is 0.249 e. The zero-order valence-electron chi connectivity index (χ0n) is 21.9. The number of methoxy groups -OCH3 is 2. The molecule has 0 radical (unpaired) electrons. The highest BCUT2D eigenvalue weighted by atomic mass is 16.5. The van der Waals surface area contributed by atoms with Gasteiger partial charge in [-0.1, -0.05) is 41.6 Å². The van der Waals surface area contributed by atoms with Gasteiger partial charge in [-0.15, -0.1) is 5.10 Å². The molecule has 4 aromatic rings. The largest absolute Gasteiger partial charge is 0.497 e. The fourth-order valence-corrected chi connectivity index (χ4v) is 4.83. The number of anilines is 1. The summed E-state index contributed by atoms with van der Waals surface area (Å²) in [4.78, 5) is 29.6. The summed E-state index contributed by atoms with van der Waals surface area (Å²) in [5.74, 6) is 0.310. The van der Waals surface area contributed by atoms with Crippen molar-refractivity contribution in [3.8, 4) is 11.5 Å². The molecule has 1 aliphatic heterocycles. The second-order valence-corrected chi connectivity index (χ2v) is 9.23. The van der Waals surface area contributed by atoms with Gasteiger partial charge in [0, 0.05) is 13.2 Å². The molecule has 0 spiro atoms. The van der Waals surface area contributed by atoms with Crippen LogP contribution in [0.1, 0.15) is 24.4 Å². The Morgan fingerprint density at radius 3 is 2.69 bits per heavy atom. The fraction of sp³-hybridized carbons (Fsp3) is 0.310. The van der Waals surface area contributed by atoms with Crippen LogP contribution in [0.3, 0.4) is 0 Å². The number of nitrogens with one attached hydrogen (secondary N) is 1. The maximum absolute atomic E-state index is 14.2. The third kappa shape index (κ3) is 5.70. The molecule has 1 aliphatic rings. The summed E-state index contributed by atoms with van der Waals surface area (Å²) < 4.78 is 18.3. The quantitative estimate of drug-likeness (QED) is 0.335. The van der Waals surface area contributed by atoms with E-state index in [4.69, 9.17) is 14.2 Å². The minimum Gasteiger partial charge on any atom is -0.497 e. The molecule has 10 heteroatoms. The Morgan fingerprint density at radius 2 is 1.90 bits per heavy atom. The SMILES string of the molecule is COc1cccc(C(C(=O)NCC2CCCO2)N(C(=O)Cn2nnc3ccccc32)c2ccccc2OC)c1. The van der Waals surface area contributed by atoms with Crippen LogP contribution < -0.4 is 19.7 Å². The van der Waals surface area contributed by atoms with Crippen molar-refractivity contribution in [2.75, 3.05) is 32.3 Å². The van der Waals surface area contributed by atoms with Gasteiger partial charge in [-0.25, -0.2) is 4.68 Å². The Bertz CT molecular complexity index is 1450. The first-order chi connectivity index (χ1) is 19.1. The van der Waals surface area contributed by atoms with E-state index in [0.717, 1.165) is 12.8 Å². The second-order valence-electron chi connectivity index (χ2n) is 9.23. The number of carbonyl (C=O) groups excluding carboxylic acids is 2. The molecule has 202 valence electrons. The molecule has 1 saturated heterocycles. The first kappa shape index (κ1) is 26.2. The number of rotatable bonds is 10. The highest BCUT2D eigenvalue weighted by molar-refractivity contribution is 6.02. The van der Waals surface area contributed by atoms with Crippen molar-refractivity contribution in [3.63, 3.8) is 0 Å². The van der Waals surface area contributed by atoms with E-state index in [2.05, 4.69) is 15.6 Å². The Kier molecular flexibility index (Phi) is 8.02. The van der Waals surface area contributed by atoms with Crippen LogP contribution in [0.25, 0.3) is 11.0 Å². The third-order valence-corrected chi connectivity index (χ3v) is 6.76. The molecule has 2 amide bonds. The summed E-state index contributed by atoms with van der Waals surface area (Å²) in [5.41, 5.74) is 2.43. The minimum absolute atomic E-state index is 0.0585. The summed E-state index contributed by atoms with van der Waals surface area (Å²) >= 11 is 0. The van der Waals surface area contributed by atoms with Gasteiger partial charge in [0.25, 0.3) is 0 Å². The van der Waals surface area contributed by atoms with Crippen molar-refractivity contribution < 1.29 is 23.8 Å². The Hall–Kier alpha value is -4.44. The number of benzene rings is 3. The molecule has 0 bridgehead atoms. The summed E-state index contributed by atoms with van der Waals surface area (Å²) in [6.07, 6.45) is 1.77. The minimum atomic E-state index is -1.03. The lowest BCUT2D eigenvalue weighted by atomic mass is 10.0. The molecular weight excluding hydrogens is 498 g/mol. The number of amides is 2. The van der Waals surface area contributed by atoms with Crippen molar-refractivity contribution in [3.05, 3.63) is 78.4 Å². The van der Waals surface area contributed by atoms with Crippen LogP contribution in [-0.4, -0.2) is 60.3 Å². The molecular formula is C29H31N5O5. The molecule has 10 nitrogen and oxygen atoms in total. The zero-order chi connectivity index (χ0) is 27.2. The number of nitrogens with zero attached hydrogens (tertiary/aromatic N) is 4. The Labute approximate surface area is 226 Å².